The normalized spacial score (nSPS) is 21.0. The molecule has 2 atom stereocenters. The monoisotopic (exact) mass is 428 g/mol. The van der Waals surface area contributed by atoms with E-state index in [-0.39, 0.29) is 30.2 Å². The van der Waals surface area contributed by atoms with Crippen LogP contribution in [0.1, 0.15) is 70.4 Å². The van der Waals surface area contributed by atoms with Gasteiger partial charge in [-0.25, -0.2) is 4.39 Å². The van der Waals surface area contributed by atoms with Crippen LogP contribution in [0.25, 0.3) is 0 Å². The molecule has 3 nitrogen and oxygen atoms in total. The minimum atomic E-state index is -0.954. The van der Waals surface area contributed by atoms with Crippen molar-refractivity contribution in [2.24, 2.45) is 11.8 Å². The molecule has 31 heavy (non-hydrogen) atoms. The van der Waals surface area contributed by atoms with Crippen LogP contribution in [0, 0.1) is 11.8 Å². The van der Waals surface area contributed by atoms with Crippen molar-refractivity contribution in [1.82, 2.24) is 0 Å². The molecule has 2 aliphatic carbocycles. The molecular weight excluding hydrogens is 391 g/mol. The summed E-state index contributed by atoms with van der Waals surface area (Å²) in [5.74, 6) is 0.449. The Labute approximate surface area is 186 Å². The number of ketones is 1. The van der Waals surface area contributed by atoms with Crippen molar-refractivity contribution in [3.8, 4) is 0 Å². The van der Waals surface area contributed by atoms with Gasteiger partial charge in [-0.3, -0.25) is 9.59 Å². The van der Waals surface area contributed by atoms with E-state index in [0.717, 1.165) is 32.1 Å². The lowest BCUT2D eigenvalue weighted by atomic mass is 9.99. The third-order valence-corrected chi connectivity index (χ3v) is 5.69. The highest BCUT2D eigenvalue weighted by Gasteiger charge is 2.31. The van der Waals surface area contributed by atoms with E-state index in [4.69, 9.17) is 4.74 Å². The Morgan fingerprint density at radius 1 is 1.13 bits per heavy atom. The highest BCUT2D eigenvalue weighted by Crippen LogP contribution is 2.30. The van der Waals surface area contributed by atoms with Crippen LogP contribution in [0.2, 0.25) is 0 Å². The number of carbonyl (C=O) groups is 2. The lowest BCUT2D eigenvalue weighted by molar-refractivity contribution is -0.147. The molecule has 4 heteroatoms. The minimum absolute atomic E-state index is 0.0132. The third-order valence-electron chi connectivity index (χ3n) is 5.69. The number of hydrogen-bond acceptors (Lipinski definition) is 3. The summed E-state index contributed by atoms with van der Waals surface area (Å²) in [6, 6.07) is 8.59. The van der Waals surface area contributed by atoms with Crippen LogP contribution in [-0.2, 0) is 27.2 Å². The second kappa shape index (κ2) is 13.2. The summed E-state index contributed by atoms with van der Waals surface area (Å²) in [6.45, 7) is 5.71. The molecule has 170 valence electrons. The number of hydrogen-bond donors (Lipinski definition) is 0. The fourth-order valence-electron chi connectivity index (χ4n) is 4.15. The van der Waals surface area contributed by atoms with Crippen LogP contribution in [0.15, 0.2) is 48.6 Å². The fraction of sp³-hybridized carbons (Fsp3) is 0.556. The van der Waals surface area contributed by atoms with Gasteiger partial charge in [-0.05, 0) is 69.9 Å². The van der Waals surface area contributed by atoms with E-state index in [0.29, 0.717) is 18.8 Å². The van der Waals surface area contributed by atoms with Crippen molar-refractivity contribution < 1.29 is 18.7 Å². The van der Waals surface area contributed by atoms with Crippen LogP contribution in [0.3, 0.4) is 0 Å². The summed E-state index contributed by atoms with van der Waals surface area (Å²) in [5, 5.41) is 0. The summed E-state index contributed by atoms with van der Waals surface area (Å²) in [7, 11) is 0. The third kappa shape index (κ3) is 9.20. The molecule has 0 aromatic heterocycles. The van der Waals surface area contributed by atoms with E-state index in [9.17, 15) is 14.0 Å². The van der Waals surface area contributed by atoms with E-state index >= 15 is 0 Å². The molecule has 0 heterocycles. The number of fused-ring (bicyclic) bond motifs is 1. The number of unbranched alkanes of at least 4 members (excludes halogenated alkanes) is 1. The van der Waals surface area contributed by atoms with Gasteiger partial charge in [0.2, 0.25) is 0 Å². The van der Waals surface area contributed by atoms with Gasteiger partial charge < -0.3 is 4.74 Å². The standard InChI is InChI=1S/C17H19FO.C10H18O2/c18-17-11-16(19)10-15(17)7-3-4-12-8-13-5-1-2-6-14(13)9-12;1-4-5-6-7-8-10(11)12-9(2)3/h1-3,5-7,12,15,17H,4,8-11H2;4-5,9H,6-8H2,1-3H3/b7-3+;5-4-. The molecule has 2 aliphatic rings. The zero-order chi connectivity index (χ0) is 22.6. The molecule has 3 rings (SSSR count). The number of carbonyl (C=O) groups excluding carboxylic acids is 2. The maximum atomic E-state index is 13.5. The molecule has 2 unspecified atom stereocenters. The predicted octanol–water partition coefficient (Wildman–Crippen LogP) is 6.35. The SMILES string of the molecule is C/C=C\CCCC(=O)OC(C)C.O=C1CC(F)C(/C=C/CC2Cc3ccccc3C2)C1. The lowest BCUT2D eigenvalue weighted by Crippen LogP contribution is -2.10. The van der Waals surface area contributed by atoms with Crippen LogP contribution in [0.5, 0.6) is 0 Å². The van der Waals surface area contributed by atoms with Crippen molar-refractivity contribution in [1.29, 1.82) is 0 Å². The minimum Gasteiger partial charge on any atom is -0.463 e. The van der Waals surface area contributed by atoms with Gasteiger partial charge in [0.15, 0.2) is 0 Å². The fourth-order valence-corrected chi connectivity index (χ4v) is 4.15. The zero-order valence-electron chi connectivity index (χ0n) is 19.2. The molecule has 0 amide bonds. The molecule has 1 aromatic rings. The van der Waals surface area contributed by atoms with Crippen LogP contribution in [-0.4, -0.2) is 24.0 Å². The highest BCUT2D eigenvalue weighted by atomic mass is 19.1. The van der Waals surface area contributed by atoms with Crippen LogP contribution >= 0.6 is 0 Å². The zero-order valence-corrected chi connectivity index (χ0v) is 19.2. The molecule has 0 bridgehead atoms. The Morgan fingerprint density at radius 3 is 2.35 bits per heavy atom. The first-order valence-corrected chi connectivity index (χ1v) is 11.6. The molecular formula is C27H37FO3. The Morgan fingerprint density at radius 2 is 1.81 bits per heavy atom. The predicted molar refractivity (Wildman–Crippen MR) is 124 cm³/mol. The van der Waals surface area contributed by atoms with E-state index in [2.05, 4.69) is 36.4 Å². The maximum Gasteiger partial charge on any atom is 0.306 e. The average molecular weight is 429 g/mol. The van der Waals surface area contributed by atoms with Crippen molar-refractivity contribution in [2.75, 3.05) is 0 Å². The van der Waals surface area contributed by atoms with Crippen molar-refractivity contribution in [3.63, 3.8) is 0 Å². The molecule has 1 aromatic carbocycles. The average Bonchev–Trinajstić information content (AvgIpc) is 3.27. The first-order valence-electron chi connectivity index (χ1n) is 11.6. The highest BCUT2D eigenvalue weighted by molar-refractivity contribution is 5.81. The van der Waals surface area contributed by atoms with Gasteiger partial charge in [0.05, 0.1) is 6.10 Å². The Kier molecular flexibility index (Phi) is 10.7. The number of rotatable bonds is 8. The van der Waals surface area contributed by atoms with Gasteiger partial charge in [-0.2, -0.15) is 0 Å². The number of esters is 1. The van der Waals surface area contributed by atoms with Gasteiger partial charge in [0, 0.05) is 25.2 Å². The summed E-state index contributed by atoms with van der Waals surface area (Å²) in [6.07, 6.45) is 13.3. The summed E-state index contributed by atoms with van der Waals surface area (Å²) >= 11 is 0. The quantitative estimate of drug-likeness (QED) is 0.275. The molecule has 1 saturated carbocycles. The summed E-state index contributed by atoms with van der Waals surface area (Å²) in [5.41, 5.74) is 2.92. The molecule has 0 spiro atoms. The van der Waals surface area contributed by atoms with E-state index < -0.39 is 6.17 Å². The van der Waals surface area contributed by atoms with Gasteiger partial charge in [0.1, 0.15) is 12.0 Å². The maximum absolute atomic E-state index is 13.5. The molecule has 1 fully saturated rings. The van der Waals surface area contributed by atoms with Crippen molar-refractivity contribution in [3.05, 3.63) is 59.7 Å². The molecule has 0 aliphatic heterocycles. The van der Waals surface area contributed by atoms with E-state index in [1.807, 2.05) is 32.9 Å². The molecule has 0 radical (unpaired) electrons. The largest absolute Gasteiger partial charge is 0.463 e. The summed E-state index contributed by atoms with van der Waals surface area (Å²) in [4.78, 5) is 22.1. The number of benzene rings is 1. The first kappa shape index (κ1) is 25.0. The van der Waals surface area contributed by atoms with Gasteiger partial charge in [0.25, 0.3) is 0 Å². The molecule has 0 saturated heterocycles. The number of allylic oxidation sites excluding steroid dienone is 4. The lowest BCUT2D eigenvalue weighted by Gasteiger charge is -2.07. The smallest absolute Gasteiger partial charge is 0.306 e. The van der Waals surface area contributed by atoms with Crippen LogP contribution < -0.4 is 0 Å². The number of Topliss-reactive ketones (excluding diaryl/α,β-unsaturated/α-hetero) is 1. The van der Waals surface area contributed by atoms with Gasteiger partial charge in [-0.1, -0.05) is 48.6 Å². The van der Waals surface area contributed by atoms with E-state index in [1.54, 1.807) is 0 Å². The first-order chi connectivity index (χ1) is 14.9. The Hall–Kier alpha value is -2.23. The van der Waals surface area contributed by atoms with Crippen molar-refractivity contribution >= 4 is 11.8 Å². The number of alkyl halides is 1. The number of halogens is 1. The van der Waals surface area contributed by atoms with Crippen LogP contribution in [0.4, 0.5) is 4.39 Å². The Balaban J connectivity index is 0.000000248. The number of ether oxygens (including phenoxy) is 1. The summed E-state index contributed by atoms with van der Waals surface area (Å²) < 4.78 is 18.4. The topological polar surface area (TPSA) is 43.4 Å². The van der Waals surface area contributed by atoms with Crippen molar-refractivity contribution in [2.45, 2.75) is 84.4 Å². The van der Waals surface area contributed by atoms with Gasteiger partial charge >= 0.3 is 5.97 Å². The van der Waals surface area contributed by atoms with Gasteiger partial charge in [-0.15, -0.1) is 0 Å². The Bertz CT molecular complexity index is 740. The second-order valence-corrected chi connectivity index (χ2v) is 8.83. The molecule has 0 N–H and O–H groups in total. The van der Waals surface area contributed by atoms with E-state index in [1.165, 1.54) is 11.1 Å². The second-order valence-electron chi connectivity index (χ2n) is 8.83.